The third kappa shape index (κ3) is 5.28. The highest BCUT2D eigenvalue weighted by molar-refractivity contribution is 7.13. The van der Waals surface area contributed by atoms with Gasteiger partial charge in [0.1, 0.15) is 5.01 Å². The first-order valence-corrected chi connectivity index (χ1v) is 12.9. The van der Waals surface area contributed by atoms with E-state index in [0.29, 0.717) is 11.0 Å². The highest BCUT2D eigenvalue weighted by Crippen LogP contribution is 2.33. The molecule has 10 heteroatoms. The third-order valence-electron chi connectivity index (χ3n) is 6.19. The van der Waals surface area contributed by atoms with Gasteiger partial charge in [-0.25, -0.2) is 9.97 Å². The Hall–Kier alpha value is -3.66. The molecule has 1 atom stereocenters. The van der Waals surface area contributed by atoms with Gasteiger partial charge in [-0.05, 0) is 42.5 Å². The normalized spacial score (nSPS) is 15.7. The number of carbonyl (C=O) groups is 1. The van der Waals surface area contributed by atoms with Gasteiger partial charge in [-0.2, -0.15) is 5.10 Å². The van der Waals surface area contributed by atoms with Crippen molar-refractivity contribution >= 4 is 28.9 Å². The SMILES string of the molecule is Cn1cc(Nc2nccc(-c3ccc4c(c3)CCCC[C@@H]4NC(=O)c3nnc(C(C)(C)C)s3)n2)cn1. The van der Waals surface area contributed by atoms with E-state index in [0.717, 1.165) is 53.2 Å². The summed E-state index contributed by atoms with van der Waals surface area (Å²) < 4.78 is 1.72. The highest BCUT2D eigenvalue weighted by atomic mass is 32.1. The molecule has 5 rings (SSSR count). The van der Waals surface area contributed by atoms with Crippen LogP contribution in [0.2, 0.25) is 0 Å². The van der Waals surface area contributed by atoms with Gasteiger partial charge in [0, 0.05) is 30.4 Å². The number of rotatable bonds is 5. The Balaban J connectivity index is 1.36. The quantitative estimate of drug-likeness (QED) is 0.371. The molecule has 3 aromatic heterocycles. The van der Waals surface area contributed by atoms with Crippen LogP contribution in [0.5, 0.6) is 0 Å². The standard InChI is InChI=1S/C26H30N8OS/c1-26(2,3)24-33-32-23(36-24)22(35)30-21-8-6-5-7-16-13-17(9-10-19(16)21)20-11-12-27-25(31-20)29-18-14-28-34(4)15-18/h9-15,21H,5-8H2,1-4H3,(H,30,35)(H,27,29,31)/t21-/m0/s1. The van der Waals surface area contributed by atoms with E-state index in [9.17, 15) is 4.79 Å². The van der Waals surface area contributed by atoms with Crippen LogP contribution in [0, 0.1) is 0 Å². The molecule has 0 fully saturated rings. The summed E-state index contributed by atoms with van der Waals surface area (Å²) in [5, 5.41) is 20.2. The van der Waals surface area contributed by atoms with Gasteiger partial charge < -0.3 is 10.6 Å². The molecule has 0 unspecified atom stereocenters. The van der Waals surface area contributed by atoms with Gasteiger partial charge in [-0.15, -0.1) is 10.2 Å². The van der Waals surface area contributed by atoms with E-state index in [1.807, 2.05) is 19.3 Å². The molecule has 0 aliphatic heterocycles. The van der Waals surface area contributed by atoms with Gasteiger partial charge >= 0.3 is 0 Å². The molecule has 0 radical (unpaired) electrons. The van der Waals surface area contributed by atoms with Crippen molar-refractivity contribution in [2.45, 2.75) is 57.9 Å². The van der Waals surface area contributed by atoms with Crippen LogP contribution in [0.15, 0.2) is 42.9 Å². The minimum absolute atomic E-state index is 0.0563. The third-order valence-corrected chi connectivity index (χ3v) is 7.53. The van der Waals surface area contributed by atoms with Gasteiger partial charge in [0.2, 0.25) is 11.0 Å². The molecular weight excluding hydrogens is 472 g/mol. The predicted octanol–water partition coefficient (Wildman–Crippen LogP) is 4.97. The lowest BCUT2D eigenvalue weighted by Crippen LogP contribution is -2.28. The smallest absolute Gasteiger partial charge is 0.282 e. The topological polar surface area (TPSA) is 111 Å². The fraction of sp³-hybridized carbons (Fsp3) is 0.385. The van der Waals surface area contributed by atoms with Crippen LogP contribution in [0.1, 0.15) is 72.0 Å². The lowest BCUT2D eigenvalue weighted by atomic mass is 9.95. The summed E-state index contributed by atoms with van der Waals surface area (Å²) in [7, 11) is 1.87. The number of benzene rings is 1. The molecule has 3 heterocycles. The first-order valence-electron chi connectivity index (χ1n) is 12.1. The first kappa shape index (κ1) is 24.1. The number of nitrogens with one attached hydrogen (secondary N) is 2. The van der Waals surface area contributed by atoms with Crippen LogP contribution in [0.25, 0.3) is 11.3 Å². The molecule has 36 heavy (non-hydrogen) atoms. The summed E-state index contributed by atoms with van der Waals surface area (Å²) in [4.78, 5) is 22.1. The van der Waals surface area contributed by atoms with Crippen LogP contribution in [0.4, 0.5) is 11.6 Å². The number of nitrogens with zero attached hydrogens (tertiary/aromatic N) is 6. The van der Waals surface area contributed by atoms with E-state index >= 15 is 0 Å². The summed E-state index contributed by atoms with van der Waals surface area (Å²) in [6.07, 6.45) is 9.35. The van der Waals surface area contributed by atoms with Crippen molar-refractivity contribution < 1.29 is 4.79 Å². The number of hydrogen-bond acceptors (Lipinski definition) is 8. The number of aryl methyl sites for hydroxylation is 2. The van der Waals surface area contributed by atoms with E-state index in [-0.39, 0.29) is 17.4 Å². The molecule has 0 spiro atoms. The molecule has 4 aromatic rings. The van der Waals surface area contributed by atoms with Crippen LogP contribution in [-0.2, 0) is 18.9 Å². The molecular formula is C26H30N8OS. The van der Waals surface area contributed by atoms with Crippen LogP contribution in [-0.4, -0.2) is 35.9 Å². The summed E-state index contributed by atoms with van der Waals surface area (Å²) in [6.45, 7) is 6.22. The van der Waals surface area contributed by atoms with Crippen molar-refractivity contribution in [1.29, 1.82) is 0 Å². The Morgan fingerprint density at radius 2 is 2.03 bits per heavy atom. The second-order valence-electron chi connectivity index (χ2n) is 10.1. The van der Waals surface area contributed by atoms with Gasteiger partial charge in [-0.1, -0.05) is 50.7 Å². The molecule has 186 valence electrons. The van der Waals surface area contributed by atoms with Crippen LogP contribution in [0.3, 0.4) is 0 Å². The van der Waals surface area contributed by atoms with Gasteiger partial charge in [-0.3, -0.25) is 9.48 Å². The molecule has 0 bridgehead atoms. The number of aromatic nitrogens is 6. The van der Waals surface area contributed by atoms with Gasteiger partial charge in [0.05, 0.1) is 23.6 Å². The Labute approximate surface area is 214 Å². The van der Waals surface area contributed by atoms with Crippen molar-refractivity contribution in [2.24, 2.45) is 7.05 Å². The zero-order chi connectivity index (χ0) is 25.3. The van der Waals surface area contributed by atoms with Crippen molar-refractivity contribution in [1.82, 2.24) is 35.3 Å². The molecule has 1 aliphatic rings. The number of fused-ring (bicyclic) bond motifs is 1. The van der Waals surface area contributed by atoms with Crippen molar-refractivity contribution in [3.63, 3.8) is 0 Å². The number of carbonyl (C=O) groups excluding carboxylic acids is 1. The molecule has 0 saturated heterocycles. The summed E-state index contributed by atoms with van der Waals surface area (Å²) in [5.41, 5.74) is 4.97. The van der Waals surface area contributed by atoms with Crippen LogP contribution >= 0.6 is 11.3 Å². The molecule has 1 aliphatic carbocycles. The van der Waals surface area contributed by atoms with E-state index in [4.69, 9.17) is 4.98 Å². The zero-order valence-corrected chi connectivity index (χ0v) is 21.8. The summed E-state index contributed by atoms with van der Waals surface area (Å²) in [6, 6.07) is 8.24. The van der Waals surface area contributed by atoms with Crippen molar-refractivity contribution in [2.75, 3.05) is 5.32 Å². The maximum absolute atomic E-state index is 13.0. The average molecular weight is 503 g/mol. The van der Waals surface area contributed by atoms with E-state index in [2.05, 4.69) is 69.9 Å². The summed E-state index contributed by atoms with van der Waals surface area (Å²) in [5.74, 6) is 0.360. The minimum Gasteiger partial charge on any atom is -0.343 e. The van der Waals surface area contributed by atoms with E-state index < -0.39 is 0 Å². The fourth-order valence-corrected chi connectivity index (χ4v) is 5.13. The van der Waals surface area contributed by atoms with Crippen molar-refractivity contribution in [3.05, 3.63) is 64.0 Å². The lowest BCUT2D eigenvalue weighted by molar-refractivity contribution is 0.0933. The fourth-order valence-electron chi connectivity index (χ4n) is 4.32. The Morgan fingerprint density at radius 3 is 2.78 bits per heavy atom. The Kier molecular flexibility index (Phi) is 6.53. The van der Waals surface area contributed by atoms with Gasteiger partial charge in [0.15, 0.2) is 0 Å². The molecule has 0 saturated carbocycles. The number of hydrogen-bond donors (Lipinski definition) is 2. The maximum Gasteiger partial charge on any atom is 0.282 e. The lowest BCUT2D eigenvalue weighted by Gasteiger charge is -2.19. The van der Waals surface area contributed by atoms with Crippen LogP contribution < -0.4 is 10.6 Å². The second kappa shape index (κ2) is 9.77. The van der Waals surface area contributed by atoms with Gasteiger partial charge in [0.25, 0.3) is 5.91 Å². The average Bonchev–Trinajstić information content (AvgIpc) is 3.46. The summed E-state index contributed by atoms with van der Waals surface area (Å²) >= 11 is 1.37. The maximum atomic E-state index is 13.0. The second-order valence-corrected chi connectivity index (χ2v) is 11.1. The predicted molar refractivity (Wildman–Crippen MR) is 140 cm³/mol. The van der Waals surface area contributed by atoms with E-state index in [1.54, 1.807) is 17.1 Å². The highest BCUT2D eigenvalue weighted by Gasteiger charge is 2.25. The van der Waals surface area contributed by atoms with E-state index in [1.165, 1.54) is 16.9 Å². The molecule has 2 N–H and O–H groups in total. The number of anilines is 2. The minimum atomic E-state index is -0.160. The first-order chi connectivity index (χ1) is 17.3. The Morgan fingerprint density at radius 1 is 1.17 bits per heavy atom. The Bertz CT molecular complexity index is 1390. The zero-order valence-electron chi connectivity index (χ0n) is 20.9. The molecule has 1 amide bonds. The molecule has 9 nitrogen and oxygen atoms in total. The monoisotopic (exact) mass is 502 g/mol. The number of amides is 1. The van der Waals surface area contributed by atoms with Crippen molar-refractivity contribution in [3.8, 4) is 11.3 Å². The molecule has 1 aromatic carbocycles. The largest absolute Gasteiger partial charge is 0.343 e.